The van der Waals surface area contributed by atoms with Crippen LogP contribution in [-0.4, -0.2) is 19.2 Å². The Morgan fingerprint density at radius 2 is 1.65 bits per heavy atom. The highest BCUT2D eigenvalue weighted by Crippen LogP contribution is 2.39. The predicted octanol–water partition coefficient (Wildman–Crippen LogP) is 2.74. The predicted molar refractivity (Wildman–Crippen MR) is 72.7 cm³/mol. The normalized spacial score (nSPS) is 20.2. The standard InChI is InChI=1S/C16H14O4/c1-18-12-7-9-13(10-8-12)19-16(17)15-14(20-15)11-5-3-2-4-6-11/h2-10,14-15H,1H3/t14-,15+/m0/s1. The summed E-state index contributed by atoms with van der Waals surface area (Å²) in [5.41, 5.74) is 0.990. The Hall–Kier alpha value is -2.33. The summed E-state index contributed by atoms with van der Waals surface area (Å²) in [6.07, 6.45) is -0.707. The van der Waals surface area contributed by atoms with Gasteiger partial charge in [-0.2, -0.15) is 0 Å². The molecule has 0 aliphatic carbocycles. The van der Waals surface area contributed by atoms with Crippen LogP contribution in [0.5, 0.6) is 11.5 Å². The summed E-state index contributed by atoms with van der Waals surface area (Å²) in [6.45, 7) is 0. The largest absolute Gasteiger partial charge is 0.497 e. The van der Waals surface area contributed by atoms with E-state index in [1.54, 1.807) is 31.4 Å². The molecule has 0 N–H and O–H groups in total. The lowest BCUT2D eigenvalue weighted by atomic mass is 10.1. The van der Waals surface area contributed by atoms with E-state index in [1.807, 2.05) is 30.3 Å². The first-order valence-corrected chi connectivity index (χ1v) is 6.34. The van der Waals surface area contributed by atoms with E-state index in [0.717, 1.165) is 11.3 Å². The zero-order valence-corrected chi connectivity index (χ0v) is 11.0. The summed E-state index contributed by atoms with van der Waals surface area (Å²) in [5.74, 6) is 0.830. The molecule has 2 atom stereocenters. The third-order valence-corrected chi connectivity index (χ3v) is 3.13. The number of carbonyl (C=O) groups excluding carboxylic acids is 1. The molecule has 1 fully saturated rings. The molecule has 2 aromatic rings. The highest BCUT2D eigenvalue weighted by atomic mass is 16.6. The molecule has 20 heavy (non-hydrogen) atoms. The fourth-order valence-electron chi connectivity index (χ4n) is 2.01. The Balaban J connectivity index is 1.61. The molecule has 0 aromatic heterocycles. The van der Waals surface area contributed by atoms with Crippen molar-refractivity contribution in [2.24, 2.45) is 0 Å². The van der Waals surface area contributed by atoms with Crippen molar-refractivity contribution in [1.82, 2.24) is 0 Å². The molecule has 1 aliphatic heterocycles. The first kappa shape index (κ1) is 12.7. The molecule has 0 bridgehead atoms. The Morgan fingerprint density at radius 3 is 2.30 bits per heavy atom. The fraction of sp³-hybridized carbons (Fsp3) is 0.188. The van der Waals surface area contributed by atoms with Crippen LogP contribution in [0.1, 0.15) is 11.7 Å². The van der Waals surface area contributed by atoms with Gasteiger partial charge in [-0.05, 0) is 29.8 Å². The van der Waals surface area contributed by atoms with Gasteiger partial charge in [-0.1, -0.05) is 30.3 Å². The van der Waals surface area contributed by atoms with Crippen molar-refractivity contribution >= 4 is 5.97 Å². The highest BCUT2D eigenvalue weighted by Gasteiger charge is 2.47. The molecule has 2 aromatic carbocycles. The topological polar surface area (TPSA) is 48.1 Å². The van der Waals surface area contributed by atoms with Crippen molar-refractivity contribution in [3.8, 4) is 11.5 Å². The second kappa shape index (κ2) is 5.35. The smallest absolute Gasteiger partial charge is 0.343 e. The second-order valence-electron chi connectivity index (χ2n) is 4.48. The van der Waals surface area contributed by atoms with E-state index >= 15 is 0 Å². The van der Waals surface area contributed by atoms with Crippen LogP contribution in [0.15, 0.2) is 54.6 Å². The van der Waals surface area contributed by atoms with Crippen LogP contribution < -0.4 is 9.47 Å². The monoisotopic (exact) mass is 270 g/mol. The van der Waals surface area contributed by atoms with Gasteiger partial charge in [0.15, 0.2) is 6.10 Å². The summed E-state index contributed by atoms with van der Waals surface area (Å²) in [4.78, 5) is 11.9. The van der Waals surface area contributed by atoms with Crippen LogP contribution in [0.2, 0.25) is 0 Å². The van der Waals surface area contributed by atoms with Gasteiger partial charge < -0.3 is 14.2 Å². The number of carbonyl (C=O) groups is 1. The van der Waals surface area contributed by atoms with Crippen LogP contribution in [0, 0.1) is 0 Å². The van der Waals surface area contributed by atoms with Gasteiger partial charge >= 0.3 is 5.97 Å². The van der Waals surface area contributed by atoms with Gasteiger partial charge in [0.05, 0.1) is 7.11 Å². The third-order valence-electron chi connectivity index (χ3n) is 3.13. The lowest BCUT2D eigenvalue weighted by Crippen LogP contribution is -2.15. The zero-order chi connectivity index (χ0) is 13.9. The van der Waals surface area contributed by atoms with E-state index in [9.17, 15) is 4.79 Å². The van der Waals surface area contributed by atoms with Crippen LogP contribution in [0.25, 0.3) is 0 Å². The number of methoxy groups -OCH3 is 1. The molecule has 0 amide bonds. The zero-order valence-electron chi connectivity index (χ0n) is 11.0. The number of rotatable bonds is 4. The maximum atomic E-state index is 11.9. The van der Waals surface area contributed by atoms with Crippen molar-refractivity contribution in [1.29, 1.82) is 0 Å². The second-order valence-corrected chi connectivity index (χ2v) is 4.48. The van der Waals surface area contributed by atoms with Gasteiger partial charge in [0.2, 0.25) is 0 Å². The van der Waals surface area contributed by atoms with Crippen molar-refractivity contribution in [3.63, 3.8) is 0 Å². The van der Waals surface area contributed by atoms with E-state index in [0.29, 0.717) is 5.75 Å². The van der Waals surface area contributed by atoms with Crippen molar-refractivity contribution in [3.05, 3.63) is 60.2 Å². The molecule has 1 saturated heterocycles. The summed E-state index contributed by atoms with van der Waals surface area (Å²) in [6, 6.07) is 16.5. The number of benzene rings is 2. The Kier molecular flexibility index (Phi) is 3.39. The lowest BCUT2D eigenvalue weighted by Gasteiger charge is -2.03. The Morgan fingerprint density at radius 1 is 1.00 bits per heavy atom. The van der Waals surface area contributed by atoms with Crippen LogP contribution in [-0.2, 0) is 9.53 Å². The van der Waals surface area contributed by atoms with E-state index in [-0.39, 0.29) is 12.1 Å². The Labute approximate surface area is 116 Å². The van der Waals surface area contributed by atoms with Gasteiger partial charge in [0.25, 0.3) is 0 Å². The van der Waals surface area contributed by atoms with E-state index in [4.69, 9.17) is 14.2 Å². The first-order chi connectivity index (χ1) is 9.78. The minimum atomic E-state index is -0.514. The molecule has 0 radical (unpaired) electrons. The highest BCUT2D eigenvalue weighted by molar-refractivity contribution is 5.80. The summed E-state index contributed by atoms with van der Waals surface area (Å²) in [5, 5.41) is 0. The van der Waals surface area contributed by atoms with Gasteiger partial charge in [-0.25, -0.2) is 4.79 Å². The minimum absolute atomic E-state index is 0.193. The molecular formula is C16H14O4. The lowest BCUT2D eigenvalue weighted by molar-refractivity contribution is -0.135. The Bertz CT molecular complexity index is 592. The molecule has 1 aliphatic rings. The minimum Gasteiger partial charge on any atom is -0.497 e. The van der Waals surface area contributed by atoms with Crippen LogP contribution in [0.4, 0.5) is 0 Å². The number of hydrogen-bond acceptors (Lipinski definition) is 4. The van der Waals surface area contributed by atoms with Crippen LogP contribution >= 0.6 is 0 Å². The summed E-state index contributed by atoms with van der Waals surface area (Å²) in [7, 11) is 1.59. The number of esters is 1. The van der Waals surface area contributed by atoms with Crippen molar-refractivity contribution in [2.45, 2.75) is 12.2 Å². The SMILES string of the molecule is COc1ccc(OC(=O)[C@@H]2O[C@H]2c2ccccc2)cc1. The van der Waals surface area contributed by atoms with Gasteiger partial charge in [0.1, 0.15) is 17.6 Å². The molecule has 3 rings (SSSR count). The fourth-order valence-corrected chi connectivity index (χ4v) is 2.01. The van der Waals surface area contributed by atoms with E-state index in [1.165, 1.54) is 0 Å². The molecule has 0 saturated carbocycles. The maximum absolute atomic E-state index is 11.9. The van der Waals surface area contributed by atoms with E-state index in [2.05, 4.69) is 0 Å². The molecule has 0 unspecified atom stereocenters. The number of ether oxygens (including phenoxy) is 3. The van der Waals surface area contributed by atoms with Crippen LogP contribution in [0.3, 0.4) is 0 Å². The van der Waals surface area contributed by atoms with Crippen molar-refractivity contribution < 1.29 is 19.0 Å². The first-order valence-electron chi connectivity index (χ1n) is 6.34. The molecular weight excluding hydrogens is 256 g/mol. The maximum Gasteiger partial charge on any atom is 0.343 e. The third kappa shape index (κ3) is 2.65. The van der Waals surface area contributed by atoms with E-state index < -0.39 is 6.10 Å². The van der Waals surface area contributed by atoms with Gasteiger partial charge in [-0.15, -0.1) is 0 Å². The van der Waals surface area contributed by atoms with Crippen molar-refractivity contribution in [2.75, 3.05) is 7.11 Å². The van der Waals surface area contributed by atoms with Gasteiger partial charge in [0, 0.05) is 0 Å². The average molecular weight is 270 g/mol. The quantitative estimate of drug-likeness (QED) is 0.487. The molecule has 102 valence electrons. The summed E-state index contributed by atoms with van der Waals surface area (Å²) < 4.78 is 15.7. The molecule has 4 heteroatoms. The molecule has 1 heterocycles. The van der Waals surface area contributed by atoms with Gasteiger partial charge in [-0.3, -0.25) is 0 Å². The number of hydrogen-bond donors (Lipinski definition) is 0. The molecule has 4 nitrogen and oxygen atoms in total. The summed E-state index contributed by atoms with van der Waals surface area (Å²) >= 11 is 0. The molecule has 0 spiro atoms. The number of epoxide rings is 1. The average Bonchev–Trinajstić information content (AvgIpc) is 3.29.